The van der Waals surface area contributed by atoms with Crippen LogP contribution in [0.2, 0.25) is 5.02 Å². The van der Waals surface area contributed by atoms with Gasteiger partial charge >= 0.3 is 6.18 Å². The molecule has 1 amide bonds. The van der Waals surface area contributed by atoms with E-state index >= 15 is 0 Å². The molecule has 0 heterocycles. The fourth-order valence-electron chi connectivity index (χ4n) is 1.44. The number of amides is 1. The van der Waals surface area contributed by atoms with Crippen molar-refractivity contribution in [2.75, 3.05) is 11.9 Å². The quantitative estimate of drug-likeness (QED) is 0.840. The molecular formula is C13H12ClF3N2O. The van der Waals surface area contributed by atoms with Gasteiger partial charge in [0.2, 0.25) is 5.91 Å². The second-order valence-electron chi connectivity index (χ2n) is 3.98. The van der Waals surface area contributed by atoms with Crippen LogP contribution in [-0.2, 0) is 11.0 Å². The van der Waals surface area contributed by atoms with Crippen LogP contribution in [-0.4, -0.2) is 18.5 Å². The molecule has 0 fully saturated rings. The van der Waals surface area contributed by atoms with E-state index in [0.29, 0.717) is 0 Å². The minimum Gasteiger partial charge on any atom is -0.374 e. The Morgan fingerprint density at radius 2 is 2.15 bits per heavy atom. The predicted octanol–water partition coefficient (Wildman–Crippen LogP) is 2.91. The minimum absolute atomic E-state index is 0.0548. The first kappa shape index (κ1) is 16.2. The van der Waals surface area contributed by atoms with E-state index in [4.69, 9.17) is 18.0 Å². The molecule has 7 heteroatoms. The molecule has 0 bridgehead atoms. The number of alkyl halides is 3. The Morgan fingerprint density at radius 1 is 1.50 bits per heavy atom. The summed E-state index contributed by atoms with van der Waals surface area (Å²) < 4.78 is 38.0. The number of carbonyl (C=O) groups excluding carboxylic acids is 1. The fourth-order valence-corrected chi connectivity index (χ4v) is 1.66. The van der Waals surface area contributed by atoms with E-state index in [0.717, 1.165) is 12.1 Å². The van der Waals surface area contributed by atoms with Gasteiger partial charge < -0.3 is 10.6 Å². The van der Waals surface area contributed by atoms with Crippen LogP contribution in [0.5, 0.6) is 0 Å². The zero-order valence-corrected chi connectivity index (χ0v) is 11.3. The van der Waals surface area contributed by atoms with Gasteiger partial charge in [-0.05, 0) is 25.1 Å². The van der Waals surface area contributed by atoms with Gasteiger partial charge in [-0.3, -0.25) is 4.79 Å². The van der Waals surface area contributed by atoms with Crippen LogP contribution >= 0.6 is 11.6 Å². The van der Waals surface area contributed by atoms with Crippen molar-refractivity contribution >= 4 is 23.2 Å². The van der Waals surface area contributed by atoms with Crippen molar-refractivity contribution in [3.8, 4) is 12.3 Å². The standard InChI is InChI=1S/C13H12ClF3N2O/c1-3-6-18-12(20)8(2)19-9-4-5-11(14)10(7-9)13(15,16)17/h1,4-5,7-8,19H,6H2,2H3,(H,18,20). The first-order valence-corrected chi connectivity index (χ1v) is 5.98. The Balaban J connectivity index is 2.84. The van der Waals surface area contributed by atoms with Gasteiger partial charge in [0, 0.05) is 5.69 Å². The Hall–Kier alpha value is -1.87. The smallest absolute Gasteiger partial charge is 0.374 e. The molecule has 20 heavy (non-hydrogen) atoms. The number of hydrogen-bond donors (Lipinski definition) is 2. The molecule has 0 aliphatic rings. The predicted molar refractivity (Wildman–Crippen MR) is 71.4 cm³/mol. The van der Waals surface area contributed by atoms with Crippen molar-refractivity contribution in [2.24, 2.45) is 0 Å². The maximum Gasteiger partial charge on any atom is 0.417 e. The van der Waals surface area contributed by atoms with E-state index in [2.05, 4.69) is 16.6 Å². The summed E-state index contributed by atoms with van der Waals surface area (Å²) in [6, 6.07) is 2.61. The van der Waals surface area contributed by atoms with Gasteiger partial charge in [0.25, 0.3) is 0 Å². The number of carbonyl (C=O) groups is 1. The van der Waals surface area contributed by atoms with E-state index in [9.17, 15) is 18.0 Å². The van der Waals surface area contributed by atoms with E-state index in [-0.39, 0.29) is 12.2 Å². The highest BCUT2D eigenvalue weighted by Gasteiger charge is 2.33. The fraction of sp³-hybridized carbons (Fsp3) is 0.308. The first-order chi connectivity index (χ1) is 9.25. The van der Waals surface area contributed by atoms with E-state index < -0.39 is 28.7 Å². The van der Waals surface area contributed by atoms with E-state index in [1.54, 1.807) is 0 Å². The van der Waals surface area contributed by atoms with Crippen LogP contribution in [0.4, 0.5) is 18.9 Å². The summed E-state index contributed by atoms with van der Waals surface area (Å²) in [5.74, 6) is 1.82. The van der Waals surface area contributed by atoms with Crippen LogP contribution in [0.15, 0.2) is 18.2 Å². The third-order valence-corrected chi connectivity index (χ3v) is 2.74. The maximum atomic E-state index is 12.7. The third-order valence-electron chi connectivity index (χ3n) is 2.41. The number of terminal acetylenes is 1. The molecule has 1 unspecified atom stereocenters. The van der Waals surface area contributed by atoms with Gasteiger partial charge in [-0.25, -0.2) is 0 Å². The molecule has 1 rings (SSSR count). The van der Waals surface area contributed by atoms with Gasteiger partial charge in [0.1, 0.15) is 6.04 Å². The molecule has 0 aliphatic carbocycles. The number of hydrogen-bond acceptors (Lipinski definition) is 2. The van der Waals surface area contributed by atoms with Crippen LogP contribution in [0.25, 0.3) is 0 Å². The molecule has 1 aromatic rings. The van der Waals surface area contributed by atoms with Gasteiger partial charge in [0.15, 0.2) is 0 Å². The van der Waals surface area contributed by atoms with Gasteiger partial charge in [-0.2, -0.15) is 13.2 Å². The Bertz CT molecular complexity index is 537. The zero-order valence-electron chi connectivity index (χ0n) is 10.5. The average Bonchev–Trinajstić information content (AvgIpc) is 2.36. The zero-order chi connectivity index (χ0) is 15.3. The van der Waals surface area contributed by atoms with Crippen molar-refractivity contribution in [3.05, 3.63) is 28.8 Å². The highest BCUT2D eigenvalue weighted by molar-refractivity contribution is 6.31. The summed E-state index contributed by atoms with van der Waals surface area (Å²) in [6.07, 6.45) is 0.437. The van der Waals surface area contributed by atoms with Gasteiger partial charge in [-0.1, -0.05) is 17.5 Å². The van der Waals surface area contributed by atoms with Crippen molar-refractivity contribution in [1.29, 1.82) is 0 Å². The summed E-state index contributed by atoms with van der Waals surface area (Å²) in [5.41, 5.74) is -0.814. The molecule has 0 saturated carbocycles. The van der Waals surface area contributed by atoms with E-state index in [1.165, 1.54) is 13.0 Å². The highest BCUT2D eigenvalue weighted by Crippen LogP contribution is 2.36. The molecule has 3 nitrogen and oxygen atoms in total. The number of rotatable bonds is 4. The Kier molecular flexibility index (Phi) is 5.28. The molecule has 1 atom stereocenters. The van der Waals surface area contributed by atoms with Crippen molar-refractivity contribution in [1.82, 2.24) is 5.32 Å². The molecule has 0 aliphatic heterocycles. The summed E-state index contributed by atoms with van der Waals surface area (Å²) in [6.45, 7) is 1.56. The monoisotopic (exact) mass is 304 g/mol. The number of benzene rings is 1. The lowest BCUT2D eigenvalue weighted by atomic mass is 10.1. The molecule has 2 N–H and O–H groups in total. The molecule has 0 radical (unpaired) electrons. The van der Waals surface area contributed by atoms with Gasteiger partial charge in [0.05, 0.1) is 17.1 Å². The summed E-state index contributed by atoms with van der Waals surface area (Å²) in [5, 5.41) is 4.68. The minimum atomic E-state index is -4.55. The lowest BCUT2D eigenvalue weighted by Gasteiger charge is -2.16. The lowest BCUT2D eigenvalue weighted by Crippen LogP contribution is -2.37. The normalized spacial score (nSPS) is 12.4. The van der Waals surface area contributed by atoms with Crippen LogP contribution in [0.3, 0.4) is 0 Å². The molecular weight excluding hydrogens is 293 g/mol. The van der Waals surface area contributed by atoms with E-state index in [1.807, 2.05) is 0 Å². The molecule has 0 spiro atoms. The summed E-state index contributed by atoms with van der Waals surface area (Å²) in [4.78, 5) is 11.5. The van der Waals surface area contributed by atoms with Crippen molar-refractivity contribution in [2.45, 2.75) is 19.1 Å². The Labute approximate surface area is 119 Å². The SMILES string of the molecule is C#CCNC(=O)C(C)Nc1ccc(Cl)c(C(F)(F)F)c1. The number of anilines is 1. The maximum absolute atomic E-state index is 12.7. The van der Waals surface area contributed by atoms with Crippen molar-refractivity contribution in [3.63, 3.8) is 0 Å². The van der Waals surface area contributed by atoms with Crippen LogP contribution < -0.4 is 10.6 Å². The summed E-state index contributed by atoms with van der Waals surface area (Å²) >= 11 is 5.50. The summed E-state index contributed by atoms with van der Waals surface area (Å²) in [7, 11) is 0. The largest absolute Gasteiger partial charge is 0.417 e. The van der Waals surface area contributed by atoms with Crippen molar-refractivity contribution < 1.29 is 18.0 Å². The second-order valence-corrected chi connectivity index (χ2v) is 4.39. The molecule has 108 valence electrons. The topological polar surface area (TPSA) is 41.1 Å². The Morgan fingerprint density at radius 3 is 2.70 bits per heavy atom. The highest BCUT2D eigenvalue weighted by atomic mass is 35.5. The first-order valence-electron chi connectivity index (χ1n) is 5.60. The van der Waals surface area contributed by atoms with Crippen LogP contribution in [0.1, 0.15) is 12.5 Å². The molecule has 1 aromatic carbocycles. The number of halogens is 4. The average molecular weight is 305 g/mol. The van der Waals surface area contributed by atoms with Crippen LogP contribution in [0, 0.1) is 12.3 Å². The number of nitrogens with one attached hydrogen (secondary N) is 2. The lowest BCUT2D eigenvalue weighted by molar-refractivity contribution is -0.137. The molecule has 0 aromatic heterocycles. The van der Waals surface area contributed by atoms with Gasteiger partial charge in [-0.15, -0.1) is 6.42 Å². The molecule has 0 saturated heterocycles. The second kappa shape index (κ2) is 6.53. The third kappa shape index (κ3) is 4.35.